The van der Waals surface area contributed by atoms with Gasteiger partial charge >= 0.3 is 0 Å². The molecule has 0 aromatic rings. The van der Waals surface area contributed by atoms with Crippen molar-refractivity contribution < 1.29 is 15.4 Å². The van der Waals surface area contributed by atoms with Crippen LogP contribution in [-0.4, -0.2) is 32.1 Å². The predicted molar refractivity (Wildman–Crippen MR) is 47.1 cm³/mol. The molecular formula is C9H18NO3. The lowest BCUT2D eigenvalue weighted by Crippen LogP contribution is -2.63. The fraction of sp³-hybridized carbons (Fsp3) is 1.00. The minimum absolute atomic E-state index is 0.0902. The molecule has 1 heterocycles. The molecule has 2 N–H and O–H groups in total. The van der Waals surface area contributed by atoms with Gasteiger partial charge in [0.25, 0.3) is 0 Å². The fourth-order valence-electron chi connectivity index (χ4n) is 2.41. The van der Waals surface area contributed by atoms with E-state index >= 15 is 0 Å². The van der Waals surface area contributed by atoms with Gasteiger partial charge < -0.3 is 10.2 Å². The summed E-state index contributed by atoms with van der Waals surface area (Å²) in [4.78, 5) is 0. The van der Waals surface area contributed by atoms with Crippen LogP contribution in [0.25, 0.3) is 0 Å². The predicted octanol–water partition coefficient (Wildman–Crippen LogP) is 0.666. The maximum absolute atomic E-state index is 11.8. The van der Waals surface area contributed by atoms with Crippen LogP contribution in [0.2, 0.25) is 0 Å². The Hall–Kier alpha value is -0.160. The van der Waals surface area contributed by atoms with E-state index in [1.165, 1.54) is 0 Å². The molecule has 0 spiro atoms. The molecule has 1 radical (unpaired) electrons. The summed E-state index contributed by atoms with van der Waals surface area (Å²) in [6.07, 6.45) is 0.180. The third kappa shape index (κ3) is 2.02. The Morgan fingerprint density at radius 2 is 1.31 bits per heavy atom. The molecule has 1 fully saturated rings. The second-order valence-corrected chi connectivity index (χ2v) is 5.26. The summed E-state index contributed by atoms with van der Waals surface area (Å²) in [6.45, 7) is 6.90. The molecule has 1 aliphatic heterocycles. The number of rotatable bonds is 0. The van der Waals surface area contributed by atoms with Crippen LogP contribution >= 0.6 is 0 Å². The second kappa shape index (κ2) is 2.67. The van der Waals surface area contributed by atoms with Gasteiger partial charge in [0.05, 0.1) is 0 Å². The van der Waals surface area contributed by atoms with Crippen LogP contribution in [0, 0.1) is 0 Å². The molecule has 0 unspecified atom stereocenters. The minimum atomic E-state index is -1.71. The Kier molecular flexibility index (Phi) is 2.24. The van der Waals surface area contributed by atoms with Crippen molar-refractivity contribution in [2.24, 2.45) is 0 Å². The molecule has 4 nitrogen and oxygen atoms in total. The Bertz CT molecular complexity index is 191. The highest BCUT2D eigenvalue weighted by Gasteiger charge is 2.51. The molecular weight excluding hydrogens is 170 g/mol. The quantitative estimate of drug-likeness (QED) is 0.549. The zero-order valence-electron chi connectivity index (χ0n) is 8.66. The van der Waals surface area contributed by atoms with E-state index in [4.69, 9.17) is 0 Å². The van der Waals surface area contributed by atoms with Crippen LogP contribution in [-0.2, 0) is 5.21 Å². The van der Waals surface area contributed by atoms with Gasteiger partial charge in [0.1, 0.15) is 0 Å². The number of aliphatic hydroxyl groups is 2. The van der Waals surface area contributed by atoms with Gasteiger partial charge in [-0.3, -0.25) is 0 Å². The molecule has 0 bridgehead atoms. The van der Waals surface area contributed by atoms with Crippen molar-refractivity contribution in [2.75, 3.05) is 0 Å². The SMILES string of the molecule is CC1(C)CC(O)(O)CC(C)(C)N1[O]. The summed E-state index contributed by atoms with van der Waals surface area (Å²) in [6, 6.07) is 0. The molecule has 4 heteroatoms. The summed E-state index contributed by atoms with van der Waals surface area (Å²) in [5, 5.41) is 31.8. The Morgan fingerprint density at radius 3 is 1.62 bits per heavy atom. The van der Waals surface area contributed by atoms with E-state index in [1.807, 2.05) is 0 Å². The van der Waals surface area contributed by atoms with Crippen molar-refractivity contribution in [3.8, 4) is 0 Å². The van der Waals surface area contributed by atoms with E-state index in [0.29, 0.717) is 0 Å². The van der Waals surface area contributed by atoms with E-state index in [1.54, 1.807) is 27.7 Å². The van der Waals surface area contributed by atoms with Gasteiger partial charge in [0.2, 0.25) is 0 Å². The first-order valence-corrected chi connectivity index (χ1v) is 4.49. The van der Waals surface area contributed by atoms with Crippen LogP contribution in [0.5, 0.6) is 0 Å². The zero-order chi connectivity index (χ0) is 10.5. The van der Waals surface area contributed by atoms with Crippen LogP contribution in [0.3, 0.4) is 0 Å². The van der Waals surface area contributed by atoms with E-state index in [-0.39, 0.29) is 12.8 Å². The number of hydrogen-bond acceptors (Lipinski definition) is 3. The van der Waals surface area contributed by atoms with Crippen LogP contribution < -0.4 is 0 Å². The first-order valence-electron chi connectivity index (χ1n) is 4.49. The van der Waals surface area contributed by atoms with Gasteiger partial charge in [0.15, 0.2) is 5.79 Å². The van der Waals surface area contributed by atoms with Gasteiger partial charge in [-0.05, 0) is 27.7 Å². The molecule has 13 heavy (non-hydrogen) atoms. The molecule has 0 aliphatic carbocycles. The second-order valence-electron chi connectivity index (χ2n) is 5.26. The topological polar surface area (TPSA) is 63.6 Å². The molecule has 1 rings (SSSR count). The number of hydrogen-bond donors (Lipinski definition) is 2. The van der Waals surface area contributed by atoms with E-state index in [9.17, 15) is 15.4 Å². The smallest absolute Gasteiger partial charge is 0.166 e. The van der Waals surface area contributed by atoms with Crippen LogP contribution in [0.1, 0.15) is 40.5 Å². The first kappa shape index (κ1) is 10.9. The molecule has 0 aromatic carbocycles. The molecule has 1 saturated heterocycles. The van der Waals surface area contributed by atoms with Crippen molar-refractivity contribution in [2.45, 2.75) is 57.4 Å². The van der Waals surface area contributed by atoms with Gasteiger partial charge in [0, 0.05) is 23.9 Å². The lowest BCUT2D eigenvalue weighted by Gasteiger charge is -2.51. The van der Waals surface area contributed by atoms with E-state index < -0.39 is 16.9 Å². The Labute approximate surface area is 78.7 Å². The Balaban J connectivity index is 2.96. The highest BCUT2D eigenvalue weighted by atomic mass is 16.5. The summed E-state index contributed by atoms with van der Waals surface area (Å²) in [5.41, 5.74) is -1.43. The summed E-state index contributed by atoms with van der Waals surface area (Å²) in [7, 11) is 0. The standard InChI is InChI=1S/C9H18NO3/c1-7(2)5-9(11,12)6-8(3,4)10(7)13/h11-12H,5-6H2,1-4H3. The largest absolute Gasteiger partial charge is 0.365 e. The van der Waals surface area contributed by atoms with Crippen molar-refractivity contribution >= 4 is 0 Å². The zero-order valence-corrected chi connectivity index (χ0v) is 8.66. The van der Waals surface area contributed by atoms with Gasteiger partial charge in [-0.2, -0.15) is 0 Å². The normalized spacial score (nSPS) is 31.6. The monoisotopic (exact) mass is 188 g/mol. The maximum Gasteiger partial charge on any atom is 0.166 e. The van der Waals surface area contributed by atoms with E-state index in [2.05, 4.69) is 0 Å². The third-order valence-corrected chi connectivity index (χ3v) is 2.53. The fourth-order valence-corrected chi connectivity index (χ4v) is 2.41. The molecule has 77 valence electrons. The number of piperidine rings is 1. The van der Waals surface area contributed by atoms with Crippen LogP contribution in [0.15, 0.2) is 0 Å². The number of hydroxylamine groups is 2. The highest BCUT2D eigenvalue weighted by molar-refractivity contribution is 4.98. The van der Waals surface area contributed by atoms with Crippen LogP contribution in [0.4, 0.5) is 0 Å². The highest BCUT2D eigenvalue weighted by Crippen LogP contribution is 2.40. The first-order chi connectivity index (χ1) is 5.57. The molecule has 0 saturated carbocycles. The maximum atomic E-state index is 11.8. The van der Waals surface area contributed by atoms with Gasteiger partial charge in [-0.1, -0.05) is 0 Å². The average Bonchev–Trinajstić information content (AvgIpc) is 1.77. The molecule has 0 amide bonds. The van der Waals surface area contributed by atoms with Crippen molar-refractivity contribution in [3.63, 3.8) is 0 Å². The van der Waals surface area contributed by atoms with Gasteiger partial charge in [-0.25, -0.2) is 0 Å². The van der Waals surface area contributed by atoms with Crippen molar-refractivity contribution in [1.29, 1.82) is 0 Å². The van der Waals surface area contributed by atoms with Gasteiger partial charge in [-0.15, -0.1) is 10.3 Å². The average molecular weight is 188 g/mol. The van der Waals surface area contributed by atoms with E-state index in [0.717, 1.165) is 5.06 Å². The summed E-state index contributed by atoms with van der Waals surface area (Å²) in [5.74, 6) is -1.71. The minimum Gasteiger partial charge on any atom is -0.365 e. The number of nitrogens with zero attached hydrogens (tertiary/aromatic N) is 1. The lowest BCUT2D eigenvalue weighted by atomic mass is 9.78. The summed E-state index contributed by atoms with van der Waals surface area (Å²) >= 11 is 0. The molecule has 1 aliphatic rings. The molecule has 0 atom stereocenters. The van der Waals surface area contributed by atoms with Crippen molar-refractivity contribution in [1.82, 2.24) is 5.06 Å². The summed E-state index contributed by atoms with van der Waals surface area (Å²) < 4.78 is 0. The lowest BCUT2D eigenvalue weighted by molar-refractivity contribution is -0.343. The molecule has 0 aromatic heterocycles. The van der Waals surface area contributed by atoms with Crippen molar-refractivity contribution in [3.05, 3.63) is 0 Å². The Morgan fingerprint density at radius 1 is 1.00 bits per heavy atom. The third-order valence-electron chi connectivity index (χ3n) is 2.53.